The molecular weight excluding hydrogens is 334 g/mol. The van der Waals surface area contributed by atoms with Crippen molar-refractivity contribution in [2.45, 2.75) is 13.8 Å². The third-order valence-electron chi connectivity index (χ3n) is 4.83. The number of aryl methyl sites for hydroxylation is 2. The zero-order valence-corrected chi connectivity index (χ0v) is 15.7. The van der Waals surface area contributed by atoms with Gasteiger partial charge in [-0.25, -0.2) is 0 Å². The Labute approximate surface area is 158 Å². The summed E-state index contributed by atoms with van der Waals surface area (Å²) in [7, 11) is 1.54. The Morgan fingerprint density at radius 3 is 1.96 bits per heavy atom. The average Bonchev–Trinajstić information content (AvgIpc) is 2.68. The molecule has 1 aromatic heterocycles. The van der Waals surface area contributed by atoms with E-state index in [1.165, 1.54) is 17.4 Å². The van der Waals surface area contributed by atoms with Gasteiger partial charge < -0.3 is 4.84 Å². The van der Waals surface area contributed by atoms with Crippen LogP contribution in [0.25, 0.3) is 33.2 Å². The fourth-order valence-electron chi connectivity index (χ4n) is 3.65. The van der Waals surface area contributed by atoms with Crippen LogP contribution >= 0.6 is 0 Å². The van der Waals surface area contributed by atoms with E-state index in [1.54, 1.807) is 0 Å². The Bertz CT molecular complexity index is 1200. The number of benzene rings is 3. The van der Waals surface area contributed by atoms with Gasteiger partial charge in [-0.2, -0.15) is 0 Å². The Morgan fingerprint density at radius 2 is 1.33 bits per heavy atom. The first-order chi connectivity index (χ1) is 13.1. The summed E-state index contributed by atoms with van der Waals surface area (Å²) < 4.78 is 1.41. The van der Waals surface area contributed by atoms with Crippen molar-refractivity contribution in [2.75, 3.05) is 7.11 Å². The van der Waals surface area contributed by atoms with Crippen LogP contribution in [0.1, 0.15) is 11.1 Å². The summed E-state index contributed by atoms with van der Waals surface area (Å²) in [4.78, 5) is 18.7. The molecule has 1 heterocycles. The van der Waals surface area contributed by atoms with Crippen molar-refractivity contribution in [3.63, 3.8) is 0 Å². The summed E-state index contributed by atoms with van der Waals surface area (Å²) in [6.07, 6.45) is 0. The van der Waals surface area contributed by atoms with E-state index in [2.05, 4.69) is 31.2 Å². The molecule has 0 amide bonds. The maximum atomic E-state index is 13.1. The number of pyridine rings is 1. The predicted molar refractivity (Wildman–Crippen MR) is 111 cm³/mol. The Morgan fingerprint density at radius 1 is 0.741 bits per heavy atom. The van der Waals surface area contributed by atoms with Gasteiger partial charge in [-0.3, -0.25) is 4.79 Å². The van der Waals surface area contributed by atoms with Crippen molar-refractivity contribution >= 4 is 10.8 Å². The molecule has 0 radical (unpaired) electrons. The Kier molecular flexibility index (Phi) is 4.28. The molecule has 4 rings (SSSR count). The van der Waals surface area contributed by atoms with Gasteiger partial charge in [0.25, 0.3) is 5.56 Å². The van der Waals surface area contributed by atoms with E-state index in [0.29, 0.717) is 5.39 Å². The lowest BCUT2D eigenvalue weighted by Gasteiger charge is -2.19. The highest BCUT2D eigenvalue weighted by molar-refractivity contribution is 6.02. The molecule has 0 N–H and O–H groups in total. The van der Waals surface area contributed by atoms with Crippen LogP contribution in [0.15, 0.2) is 77.6 Å². The van der Waals surface area contributed by atoms with Gasteiger partial charge in [-0.15, -0.1) is 4.73 Å². The zero-order chi connectivity index (χ0) is 19.0. The van der Waals surface area contributed by atoms with E-state index in [9.17, 15) is 4.79 Å². The highest BCUT2D eigenvalue weighted by Gasteiger charge is 2.20. The molecule has 0 saturated heterocycles. The molecule has 0 unspecified atom stereocenters. The zero-order valence-electron chi connectivity index (χ0n) is 15.7. The minimum atomic E-state index is -0.152. The van der Waals surface area contributed by atoms with E-state index in [4.69, 9.17) is 4.84 Å². The molecule has 0 fully saturated rings. The minimum Gasteiger partial charge on any atom is -0.413 e. The quantitative estimate of drug-likeness (QED) is 0.517. The summed E-state index contributed by atoms with van der Waals surface area (Å²) in [6, 6.07) is 24.2. The molecule has 0 spiro atoms. The van der Waals surface area contributed by atoms with E-state index in [-0.39, 0.29) is 5.56 Å². The fraction of sp³-hybridized carbons (Fsp3) is 0.125. The number of hydrogen-bond acceptors (Lipinski definition) is 2. The Hall–Kier alpha value is -3.33. The maximum Gasteiger partial charge on any atom is 0.291 e. The van der Waals surface area contributed by atoms with Crippen LogP contribution in [0.4, 0.5) is 0 Å². The van der Waals surface area contributed by atoms with Crippen molar-refractivity contribution < 1.29 is 4.84 Å². The SMILES string of the molecule is COn1c(-c2cccc(C)c2)c(-c2cccc(C)c2)c2ccccc2c1=O. The second-order valence-electron chi connectivity index (χ2n) is 6.79. The first-order valence-corrected chi connectivity index (χ1v) is 8.96. The van der Waals surface area contributed by atoms with Gasteiger partial charge in [-0.1, -0.05) is 71.8 Å². The number of rotatable bonds is 3. The number of hydrogen-bond donors (Lipinski definition) is 0. The van der Waals surface area contributed by atoms with Gasteiger partial charge in [0.15, 0.2) is 0 Å². The fourth-order valence-corrected chi connectivity index (χ4v) is 3.65. The standard InChI is InChI=1S/C24H21NO2/c1-16-8-6-10-18(14-16)22-20-12-4-5-13-21(20)24(26)25(27-3)23(22)19-11-7-9-17(2)15-19/h4-15H,1-3H3. The van der Waals surface area contributed by atoms with E-state index in [0.717, 1.165) is 33.3 Å². The summed E-state index contributed by atoms with van der Waals surface area (Å²) in [5, 5.41) is 1.57. The molecule has 0 aliphatic carbocycles. The van der Waals surface area contributed by atoms with Gasteiger partial charge in [0, 0.05) is 11.1 Å². The van der Waals surface area contributed by atoms with Crippen LogP contribution in [-0.4, -0.2) is 11.8 Å². The smallest absolute Gasteiger partial charge is 0.291 e. The van der Waals surface area contributed by atoms with Crippen LogP contribution in [-0.2, 0) is 0 Å². The van der Waals surface area contributed by atoms with Crippen molar-refractivity contribution in [3.05, 3.63) is 94.3 Å². The van der Waals surface area contributed by atoms with Gasteiger partial charge in [0.2, 0.25) is 0 Å². The third kappa shape index (κ3) is 2.91. The number of nitrogens with zero attached hydrogens (tertiary/aromatic N) is 1. The lowest BCUT2D eigenvalue weighted by molar-refractivity contribution is 0.163. The van der Waals surface area contributed by atoms with Crippen molar-refractivity contribution in [1.82, 2.24) is 4.73 Å². The summed E-state index contributed by atoms with van der Waals surface area (Å²) in [5.41, 5.74) is 5.94. The summed E-state index contributed by atoms with van der Waals surface area (Å²) in [5.74, 6) is 0. The molecule has 134 valence electrons. The van der Waals surface area contributed by atoms with Gasteiger partial charge >= 0.3 is 0 Å². The van der Waals surface area contributed by atoms with Crippen LogP contribution in [0, 0.1) is 13.8 Å². The second-order valence-corrected chi connectivity index (χ2v) is 6.79. The largest absolute Gasteiger partial charge is 0.413 e. The van der Waals surface area contributed by atoms with Crippen LogP contribution in [0.2, 0.25) is 0 Å². The average molecular weight is 355 g/mol. The molecule has 27 heavy (non-hydrogen) atoms. The molecule has 4 aromatic rings. The highest BCUT2D eigenvalue weighted by atomic mass is 16.6. The lowest BCUT2D eigenvalue weighted by Crippen LogP contribution is -2.27. The van der Waals surface area contributed by atoms with Gasteiger partial charge in [0.1, 0.15) is 7.11 Å². The Balaban J connectivity index is 2.24. The molecular formula is C24H21NO2. The van der Waals surface area contributed by atoms with Gasteiger partial charge in [-0.05, 0) is 36.9 Å². The molecule has 0 aliphatic rings. The summed E-state index contributed by atoms with van der Waals surface area (Å²) in [6.45, 7) is 4.12. The minimum absolute atomic E-state index is 0.152. The van der Waals surface area contributed by atoms with Crippen molar-refractivity contribution in [3.8, 4) is 22.4 Å². The van der Waals surface area contributed by atoms with Crippen LogP contribution in [0.5, 0.6) is 0 Å². The highest BCUT2D eigenvalue weighted by Crippen LogP contribution is 2.36. The van der Waals surface area contributed by atoms with Crippen LogP contribution in [0.3, 0.4) is 0 Å². The molecule has 0 bridgehead atoms. The van der Waals surface area contributed by atoms with Crippen molar-refractivity contribution in [1.29, 1.82) is 0 Å². The summed E-state index contributed by atoms with van der Waals surface area (Å²) >= 11 is 0. The molecule has 3 aromatic carbocycles. The monoisotopic (exact) mass is 355 g/mol. The number of aromatic nitrogens is 1. The maximum absolute atomic E-state index is 13.1. The lowest BCUT2D eigenvalue weighted by atomic mass is 9.93. The van der Waals surface area contributed by atoms with E-state index >= 15 is 0 Å². The van der Waals surface area contributed by atoms with Gasteiger partial charge in [0.05, 0.1) is 11.1 Å². The first kappa shape index (κ1) is 17.1. The van der Waals surface area contributed by atoms with E-state index < -0.39 is 0 Å². The molecule has 3 heteroatoms. The molecule has 0 saturated carbocycles. The molecule has 3 nitrogen and oxygen atoms in total. The molecule has 0 atom stereocenters. The van der Waals surface area contributed by atoms with Crippen molar-refractivity contribution in [2.24, 2.45) is 0 Å². The van der Waals surface area contributed by atoms with E-state index in [1.807, 2.05) is 55.5 Å². The topological polar surface area (TPSA) is 31.2 Å². The second kappa shape index (κ2) is 6.76. The predicted octanol–water partition coefficient (Wildman–Crippen LogP) is 5.01. The first-order valence-electron chi connectivity index (χ1n) is 8.96. The third-order valence-corrected chi connectivity index (χ3v) is 4.83. The normalized spacial score (nSPS) is 10.9. The number of fused-ring (bicyclic) bond motifs is 1. The van der Waals surface area contributed by atoms with Crippen LogP contribution < -0.4 is 10.4 Å². The molecule has 0 aliphatic heterocycles.